The number of methoxy groups -OCH3 is 2. The molecule has 0 bridgehead atoms. The number of hydrogen-bond donors (Lipinski definition) is 2. The van der Waals surface area contributed by atoms with Crippen LogP contribution in [0, 0.1) is 5.92 Å². The summed E-state index contributed by atoms with van der Waals surface area (Å²) < 4.78 is 11.5. The number of benzene rings is 1. The molecule has 0 saturated carbocycles. The van der Waals surface area contributed by atoms with E-state index in [4.69, 9.17) is 32.7 Å². The molecule has 0 unspecified atom stereocenters. The van der Waals surface area contributed by atoms with Crippen molar-refractivity contribution in [3.05, 3.63) is 51.8 Å². The van der Waals surface area contributed by atoms with Crippen LogP contribution >= 0.6 is 23.2 Å². The van der Waals surface area contributed by atoms with Gasteiger partial charge < -0.3 is 14.6 Å². The van der Waals surface area contributed by atoms with Gasteiger partial charge in [-0.15, -0.1) is 0 Å². The molecule has 2 heterocycles. The maximum atomic E-state index is 11.2. The highest BCUT2D eigenvalue weighted by molar-refractivity contribution is 6.35. The number of aromatic nitrogens is 1. The Bertz CT molecular complexity index is 864. The van der Waals surface area contributed by atoms with Crippen molar-refractivity contribution in [1.82, 2.24) is 4.90 Å². The van der Waals surface area contributed by atoms with Crippen LogP contribution in [0.15, 0.2) is 30.6 Å². The number of rotatable bonds is 7. The van der Waals surface area contributed by atoms with Crippen molar-refractivity contribution < 1.29 is 29.3 Å². The van der Waals surface area contributed by atoms with Gasteiger partial charge in [0, 0.05) is 29.4 Å². The number of aliphatic carboxylic acids is 1. The minimum absolute atomic E-state index is 0.167. The summed E-state index contributed by atoms with van der Waals surface area (Å²) in [5.74, 6) is -0.0174. The molecule has 0 amide bonds. The van der Waals surface area contributed by atoms with Crippen LogP contribution < -0.4 is 14.2 Å². The fourth-order valence-corrected chi connectivity index (χ4v) is 3.98. The molecule has 2 aromatic rings. The van der Waals surface area contributed by atoms with Crippen LogP contribution in [0.25, 0.3) is 0 Å². The monoisotopic (exact) mass is 427 g/mol. The molecule has 0 aliphatic carbocycles. The van der Waals surface area contributed by atoms with Gasteiger partial charge in [0.15, 0.2) is 11.5 Å². The molecule has 9 heteroatoms. The lowest BCUT2D eigenvalue weighted by molar-refractivity contribution is -0.904. The molecule has 2 N–H and O–H groups in total. The minimum atomic E-state index is -0.806. The van der Waals surface area contributed by atoms with E-state index in [2.05, 4.69) is 4.90 Å². The van der Waals surface area contributed by atoms with Crippen molar-refractivity contribution in [1.29, 1.82) is 0 Å². The van der Waals surface area contributed by atoms with Gasteiger partial charge in [0.25, 0.3) is 0 Å². The third-order valence-corrected chi connectivity index (χ3v) is 5.61. The average Bonchev–Trinajstić information content (AvgIpc) is 2.60. The predicted molar refractivity (Wildman–Crippen MR) is 103 cm³/mol. The predicted octanol–water partition coefficient (Wildman–Crippen LogP) is 2.84. The fourth-order valence-electron chi connectivity index (χ4n) is 3.37. The molecule has 1 aliphatic heterocycles. The molecule has 28 heavy (non-hydrogen) atoms. The second kappa shape index (κ2) is 8.43. The summed E-state index contributed by atoms with van der Waals surface area (Å²) in [6, 6.07) is 5.43. The van der Waals surface area contributed by atoms with Crippen LogP contribution in [0.1, 0.15) is 17.2 Å². The number of likely N-dealkylation sites (tertiary alicyclic amines) is 1. The molecular formula is C19H21Cl2N2O5+. The number of carbonyl (C=O) groups is 1. The molecule has 3 rings (SSSR count). The molecule has 1 aromatic heterocycles. The van der Waals surface area contributed by atoms with Crippen LogP contribution in [-0.2, 0) is 11.2 Å². The van der Waals surface area contributed by atoms with Crippen molar-refractivity contribution in [2.45, 2.75) is 12.5 Å². The molecule has 0 spiro atoms. The van der Waals surface area contributed by atoms with Gasteiger partial charge in [-0.1, -0.05) is 29.3 Å². The Morgan fingerprint density at radius 1 is 1.21 bits per heavy atom. The molecular weight excluding hydrogens is 407 g/mol. The number of nitrogens with zero attached hydrogens (tertiary/aromatic N) is 2. The molecule has 1 atom stereocenters. The Morgan fingerprint density at radius 3 is 2.36 bits per heavy atom. The summed E-state index contributed by atoms with van der Waals surface area (Å²) in [6.07, 6.45) is 3.18. The van der Waals surface area contributed by atoms with E-state index in [0.717, 1.165) is 10.3 Å². The summed E-state index contributed by atoms with van der Waals surface area (Å²) >= 11 is 12.6. The van der Waals surface area contributed by atoms with E-state index < -0.39 is 11.9 Å². The van der Waals surface area contributed by atoms with Gasteiger partial charge in [0.05, 0.1) is 20.1 Å². The Labute approximate surface area is 172 Å². The van der Waals surface area contributed by atoms with Gasteiger partial charge in [-0.3, -0.25) is 14.9 Å². The fraction of sp³-hybridized carbons (Fsp3) is 0.368. The number of ether oxygens (including phenoxy) is 2. The Kier molecular flexibility index (Phi) is 6.17. The minimum Gasteiger partial charge on any atom is -0.493 e. The smallest absolute Gasteiger partial charge is 0.309 e. The summed E-state index contributed by atoms with van der Waals surface area (Å²) in [5.41, 5.74) is 1.60. The molecule has 1 aliphatic rings. The Morgan fingerprint density at radius 2 is 1.82 bits per heavy atom. The lowest BCUT2D eigenvalue weighted by Gasteiger charge is -2.43. The Balaban J connectivity index is 1.96. The zero-order valence-electron chi connectivity index (χ0n) is 15.4. The normalized spacial score (nSPS) is 15.7. The largest absolute Gasteiger partial charge is 0.493 e. The SMILES string of the molecule is COc1ccc([C@H](Cc2c(Cl)c[n+](O)cc2Cl)N2CC(C(=O)O)C2)cc1OC. The number of carboxylic acid groups (broad SMARTS) is 1. The number of hydrogen-bond acceptors (Lipinski definition) is 5. The maximum Gasteiger partial charge on any atom is 0.309 e. The van der Waals surface area contributed by atoms with E-state index in [1.54, 1.807) is 14.2 Å². The first-order valence-corrected chi connectivity index (χ1v) is 9.36. The molecule has 150 valence electrons. The first-order valence-electron chi connectivity index (χ1n) is 8.61. The van der Waals surface area contributed by atoms with Crippen LogP contribution in [0.3, 0.4) is 0 Å². The highest BCUT2D eigenvalue weighted by atomic mass is 35.5. The van der Waals surface area contributed by atoms with E-state index in [9.17, 15) is 15.1 Å². The van der Waals surface area contributed by atoms with Crippen LogP contribution in [0.2, 0.25) is 10.0 Å². The highest BCUT2D eigenvalue weighted by Crippen LogP contribution is 2.38. The topological polar surface area (TPSA) is 83.1 Å². The van der Waals surface area contributed by atoms with Crippen molar-refractivity contribution in [2.75, 3.05) is 27.3 Å². The zero-order valence-corrected chi connectivity index (χ0v) is 16.9. The maximum absolute atomic E-state index is 11.2. The zero-order chi connectivity index (χ0) is 20.4. The summed E-state index contributed by atoms with van der Waals surface area (Å²) in [6.45, 7) is 0.854. The first kappa shape index (κ1) is 20.5. The highest BCUT2D eigenvalue weighted by Gasteiger charge is 2.38. The van der Waals surface area contributed by atoms with Gasteiger partial charge in [0.2, 0.25) is 12.4 Å². The number of halogens is 2. The van der Waals surface area contributed by atoms with Crippen molar-refractivity contribution in [2.24, 2.45) is 5.92 Å². The molecule has 0 radical (unpaired) electrons. The van der Waals surface area contributed by atoms with Crippen molar-refractivity contribution >= 4 is 29.2 Å². The molecule has 7 nitrogen and oxygen atoms in total. The van der Waals surface area contributed by atoms with E-state index in [0.29, 0.717) is 46.6 Å². The molecule has 1 fully saturated rings. The summed E-state index contributed by atoms with van der Waals surface area (Å²) in [5, 5.41) is 19.5. The quantitative estimate of drug-likeness (QED) is 0.522. The van der Waals surface area contributed by atoms with Gasteiger partial charge >= 0.3 is 5.97 Å². The van der Waals surface area contributed by atoms with E-state index >= 15 is 0 Å². The van der Waals surface area contributed by atoms with Crippen molar-refractivity contribution in [3.63, 3.8) is 0 Å². The summed E-state index contributed by atoms with van der Waals surface area (Å²) in [7, 11) is 3.13. The average molecular weight is 428 g/mol. The van der Waals surface area contributed by atoms with Gasteiger partial charge in [-0.05, 0) is 24.1 Å². The Hall–Kier alpha value is -2.22. The standard InChI is InChI=1S/C19H20Cl2N2O5/c1-27-17-4-3-11(5-18(17)28-2)16(22-7-12(8-22)19(24)25)6-13-14(20)9-23(26)10-15(13)21/h3-5,9-10,12,16H,6-8H2,1-2H3,(H-,24,25,26)/p+1/t16-/m0/s1. The second-order valence-electron chi connectivity index (χ2n) is 6.64. The molecule has 1 saturated heterocycles. The number of carboxylic acids is 1. The van der Waals surface area contributed by atoms with Crippen LogP contribution in [0.4, 0.5) is 0 Å². The van der Waals surface area contributed by atoms with Gasteiger partial charge in [-0.2, -0.15) is 0 Å². The third-order valence-electron chi connectivity index (χ3n) is 4.96. The second-order valence-corrected chi connectivity index (χ2v) is 7.45. The van der Waals surface area contributed by atoms with Crippen molar-refractivity contribution in [3.8, 4) is 11.5 Å². The summed E-state index contributed by atoms with van der Waals surface area (Å²) in [4.78, 5) is 13.3. The first-order chi connectivity index (χ1) is 13.3. The van der Waals surface area contributed by atoms with Gasteiger partial charge in [-0.25, -0.2) is 0 Å². The third kappa shape index (κ3) is 4.11. The lowest BCUT2D eigenvalue weighted by atomic mass is 9.90. The van der Waals surface area contributed by atoms with E-state index in [1.165, 1.54) is 12.4 Å². The number of pyridine rings is 1. The molecule has 1 aromatic carbocycles. The van der Waals surface area contributed by atoms with E-state index in [-0.39, 0.29) is 6.04 Å². The van der Waals surface area contributed by atoms with Crippen LogP contribution in [0.5, 0.6) is 11.5 Å². The van der Waals surface area contributed by atoms with E-state index in [1.807, 2.05) is 18.2 Å². The lowest BCUT2D eigenvalue weighted by Crippen LogP contribution is -2.52. The van der Waals surface area contributed by atoms with Crippen LogP contribution in [-0.4, -0.2) is 48.5 Å². The van der Waals surface area contributed by atoms with Gasteiger partial charge in [0.1, 0.15) is 10.0 Å².